The third kappa shape index (κ3) is 4.95. The molecule has 5 heterocycles. The van der Waals surface area contributed by atoms with Crippen molar-refractivity contribution in [2.24, 2.45) is 0 Å². The van der Waals surface area contributed by atoms with Gasteiger partial charge in [0, 0.05) is 35.5 Å². The maximum atomic E-state index is 13.3. The number of rotatable bonds is 5. The van der Waals surface area contributed by atoms with Crippen molar-refractivity contribution in [3.63, 3.8) is 0 Å². The van der Waals surface area contributed by atoms with Crippen LogP contribution in [0.25, 0.3) is 21.6 Å². The Balaban J connectivity index is 1.44. The summed E-state index contributed by atoms with van der Waals surface area (Å²) in [6.07, 6.45) is 6.86. The van der Waals surface area contributed by atoms with Crippen LogP contribution in [0.4, 0.5) is 5.13 Å². The molecular formula is C24H23ClN6O3S. The highest BCUT2D eigenvalue weighted by molar-refractivity contribution is 7.21. The zero-order valence-electron chi connectivity index (χ0n) is 19.4. The number of hydrogen-bond acceptors (Lipinski definition) is 9. The summed E-state index contributed by atoms with van der Waals surface area (Å²) in [6.45, 7) is 4.64. The Morgan fingerprint density at radius 2 is 2.03 bits per heavy atom. The standard InChI is InChI=1S/C24H23ClN6O3S/c1-12-6-15(16-8-20(25)27-11-19(16)33-3)17(9-26-12)22(32)31-24-30-21-23(35-24)29-18(10-28-21)14-4-5-34-13(2)7-14/h6,8-11,13-14H,4-5,7H2,1-3H3,(H,28,30,31,32)/t13-,14?/m0/s1. The predicted molar refractivity (Wildman–Crippen MR) is 134 cm³/mol. The van der Waals surface area contributed by atoms with Crippen molar-refractivity contribution in [1.29, 1.82) is 0 Å². The lowest BCUT2D eigenvalue weighted by Gasteiger charge is -2.26. The molecular weight excluding hydrogens is 488 g/mol. The molecule has 1 aliphatic rings. The zero-order chi connectivity index (χ0) is 24.5. The molecule has 0 aliphatic carbocycles. The highest BCUT2D eigenvalue weighted by Gasteiger charge is 2.24. The number of nitrogens with one attached hydrogen (secondary N) is 1. The van der Waals surface area contributed by atoms with E-state index in [0.717, 1.165) is 30.8 Å². The summed E-state index contributed by atoms with van der Waals surface area (Å²) in [6, 6.07) is 3.47. The molecule has 1 N–H and O–H groups in total. The number of pyridine rings is 2. The number of halogens is 1. The normalized spacial score (nSPS) is 17.9. The van der Waals surface area contributed by atoms with Gasteiger partial charge in [-0.25, -0.2) is 15.0 Å². The zero-order valence-corrected chi connectivity index (χ0v) is 21.0. The Kier molecular flexibility index (Phi) is 6.59. The second-order valence-electron chi connectivity index (χ2n) is 8.38. The lowest BCUT2D eigenvalue weighted by atomic mass is 9.93. The minimum absolute atomic E-state index is 0.203. The maximum absolute atomic E-state index is 13.3. The molecule has 1 amide bonds. The van der Waals surface area contributed by atoms with E-state index in [-0.39, 0.29) is 12.0 Å². The Morgan fingerprint density at radius 3 is 2.83 bits per heavy atom. The summed E-state index contributed by atoms with van der Waals surface area (Å²) >= 11 is 7.43. The van der Waals surface area contributed by atoms with Gasteiger partial charge in [-0.15, -0.1) is 0 Å². The second-order valence-corrected chi connectivity index (χ2v) is 9.74. The molecule has 2 atom stereocenters. The third-order valence-electron chi connectivity index (χ3n) is 5.90. The highest BCUT2D eigenvalue weighted by atomic mass is 35.5. The Bertz CT molecular complexity index is 1410. The topological polar surface area (TPSA) is 112 Å². The van der Waals surface area contributed by atoms with Gasteiger partial charge in [-0.3, -0.25) is 15.1 Å². The van der Waals surface area contributed by atoms with Gasteiger partial charge in [-0.2, -0.15) is 4.98 Å². The monoisotopic (exact) mass is 510 g/mol. The SMILES string of the molecule is COc1cnc(Cl)cc1-c1cc(C)ncc1C(=O)Nc1nc2ncc(C3CCO[C@@H](C)C3)nc2s1. The van der Waals surface area contributed by atoms with Gasteiger partial charge in [0.15, 0.2) is 15.6 Å². The van der Waals surface area contributed by atoms with Crippen LogP contribution in [0.1, 0.15) is 47.4 Å². The van der Waals surface area contributed by atoms with E-state index in [1.165, 1.54) is 23.7 Å². The number of ether oxygens (including phenoxy) is 2. The van der Waals surface area contributed by atoms with E-state index >= 15 is 0 Å². The average molecular weight is 511 g/mol. The van der Waals surface area contributed by atoms with Crippen molar-refractivity contribution in [2.45, 2.75) is 38.7 Å². The summed E-state index contributed by atoms with van der Waals surface area (Å²) < 4.78 is 11.1. The first kappa shape index (κ1) is 23.5. The number of nitrogens with zero attached hydrogens (tertiary/aromatic N) is 5. The number of fused-ring (bicyclic) bond motifs is 1. The number of anilines is 1. The molecule has 1 fully saturated rings. The number of carbonyl (C=O) groups is 1. The first-order valence-electron chi connectivity index (χ1n) is 11.1. The smallest absolute Gasteiger partial charge is 0.259 e. The molecule has 9 nitrogen and oxygen atoms in total. The van der Waals surface area contributed by atoms with Crippen LogP contribution in [0.15, 0.2) is 30.7 Å². The number of thiazole rings is 1. The molecule has 0 saturated carbocycles. The van der Waals surface area contributed by atoms with Crippen LogP contribution in [-0.2, 0) is 4.74 Å². The molecule has 5 rings (SSSR count). The summed E-state index contributed by atoms with van der Waals surface area (Å²) in [4.78, 5) is 36.1. The summed E-state index contributed by atoms with van der Waals surface area (Å²) in [5, 5.41) is 3.58. The van der Waals surface area contributed by atoms with Crippen molar-refractivity contribution in [3.8, 4) is 16.9 Å². The molecule has 0 aromatic carbocycles. The van der Waals surface area contributed by atoms with Crippen molar-refractivity contribution in [2.75, 3.05) is 19.0 Å². The molecule has 1 saturated heterocycles. The second kappa shape index (κ2) is 9.80. The number of carbonyl (C=O) groups excluding carboxylic acids is 1. The Labute approximate surface area is 210 Å². The molecule has 1 aliphatic heterocycles. The van der Waals surface area contributed by atoms with E-state index in [1.54, 1.807) is 19.4 Å². The van der Waals surface area contributed by atoms with Crippen molar-refractivity contribution in [1.82, 2.24) is 24.9 Å². The van der Waals surface area contributed by atoms with Crippen LogP contribution in [-0.4, -0.2) is 50.6 Å². The first-order chi connectivity index (χ1) is 16.9. The maximum Gasteiger partial charge on any atom is 0.259 e. The number of hydrogen-bond donors (Lipinski definition) is 1. The predicted octanol–water partition coefficient (Wildman–Crippen LogP) is 5.05. The fourth-order valence-electron chi connectivity index (χ4n) is 4.17. The van der Waals surface area contributed by atoms with Crippen LogP contribution in [0.5, 0.6) is 5.75 Å². The van der Waals surface area contributed by atoms with Crippen LogP contribution < -0.4 is 10.1 Å². The lowest BCUT2D eigenvalue weighted by molar-refractivity contribution is 0.0180. The van der Waals surface area contributed by atoms with Crippen LogP contribution in [0, 0.1) is 6.92 Å². The van der Waals surface area contributed by atoms with Crippen LogP contribution in [0.3, 0.4) is 0 Å². The van der Waals surface area contributed by atoms with Gasteiger partial charge in [0.2, 0.25) is 0 Å². The molecule has 4 aromatic heterocycles. The largest absolute Gasteiger partial charge is 0.494 e. The molecule has 1 unspecified atom stereocenters. The molecule has 35 heavy (non-hydrogen) atoms. The van der Waals surface area contributed by atoms with Crippen molar-refractivity contribution < 1.29 is 14.3 Å². The fourth-order valence-corrected chi connectivity index (χ4v) is 5.13. The van der Waals surface area contributed by atoms with Crippen LogP contribution in [0.2, 0.25) is 5.15 Å². The molecule has 0 spiro atoms. The van der Waals surface area contributed by atoms with Gasteiger partial charge in [0.25, 0.3) is 5.91 Å². The molecule has 0 bridgehead atoms. The molecule has 4 aromatic rings. The van der Waals surface area contributed by atoms with Gasteiger partial charge < -0.3 is 9.47 Å². The number of aromatic nitrogens is 5. The minimum atomic E-state index is -0.361. The Morgan fingerprint density at radius 1 is 1.17 bits per heavy atom. The molecule has 180 valence electrons. The van der Waals surface area contributed by atoms with E-state index in [1.807, 2.05) is 13.0 Å². The van der Waals surface area contributed by atoms with Gasteiger partial charge in [0.05, 0.1) is 36.9 Å². The fraction of sp³-hybridized carbons (Fsp3) is 0.333. The summed E-state index contributed by atoms with van der Waals surface area (Å²) in [5.74, 6) is 0.441. The van der Waals surface area contributed by atoms with E-state index in [2.05, 4.69) is 32.2 Å². The van der Waals surface area contributed by atoms with E-state index < -0.39 is 0 Å². The average Bonchev–Trinajstić information content (AvgIpc) is 3.25. The van der Waals surface area contributed by atoms with E-state index in [4.69, 9.17) is 26.1 Å². The Hall–Kier alpha value is -3.21. The van der Waals surface area contributed by atoms with Gasteiger partial charge >= 0.3 is 0 Å². The van der Waals surface area contributed by atoms with Crippen molar-refractivity contribution >= 4 is 44.5 Å². The number of methoxy groups -OCH3 is 1. The van der Waals surface area contributed by atoms with Gasteiger partial charge in [-0.1, -0.05) is 22.9 Å². The van der Waals surface area contributed by atoms with E-state index in [9.17, 15) is 4.79 Å². The number of aryl methyl sites for hydroxylation is 1. The highest BCUT2D eigenvalue weighted by Crippen LogP contribution is 2.35. The van der Waals surface area contributed by atoms with Crippen molar-refractivity contribution in [3.05, 3.63) is 52.8 Å². The van der Waals surface area contributed by atoms with Crippen LogP contribution >= 0.6 is 22.9 Å². The quantitative estimate of drug-likeness (QED) is 0.371. The summed E-state index contributed by atoms with van der Waals surface area (Å²) in [5.41, 5.74) is 3.80. The van der Waals surface area contributed by atoms with E-state index in [0.29, 0.717) is 49.1 Å². The lowest BCUT2D eigenvalue weighted by Crippen LogP contribution is -2.22. The molecule has 11 heteroatoms. The molecule has 0 radical (unpaired) electrons. The minimum Gasteiger partial charge on any atom is -0.494 e. The number of amides is 1. The van der Waals surface area contributed by atoms with Gasteiger partial charge in [0.1, 0.15) is 10.9 Å². The summed E-state index contributed by atoms with van der Waals surface area (Å²) in [7, 11) is 1.54. The van der Waals surface area contributed by atoms with Gasteiger partial charge in [-0.05, 0) is 38.8 Å². The third-order valence-corrected chi connectivity index (χ3v) is 6.96. The first-order valence-corrected chi connectivity index (χ1v) is 12.3.